The molecule has 0 N–H and O–H groups in total. The number of para-hydroxylation sites is 2. The molecule has 0 radical (unpaired) electrons. The van der Waals surface area contributed by atoms with Crippen molar-refractivity contribution in [2.75, 3.05) is 0 Å². The molecule has 3 aromatic heterocycles. The first kappa shape index (κ1) is 26.6. The normalized spacial score (nSPS) is 11.8. The lowest BCUT2D eigenvalue weighted by Gasteiger charge is -2.11. The minimum atomic E-state index is 0.543. The average Bonchev–Trinajstić information content (AvgIpc) is 3.74. The maximum atomic E-state index is 6.60. The molecule has 0 amide bonds. The Morgan fingerprint density at radius 1 is 0.354 bits per heavy atom. The third-order valence-corrected chi connectivity index (χ3v) is 9.14. The van der Waals surface area contributed by atoms with Crippen molar-refractivity contribution in [1.29, 1.82) is 0 Å². The third-order valence-electron chi connectivity index (χ3n) is 9.14. The van der Waals surface area contributed by atoms with E-state index in [1.807, 2.05) is 54.6 Å². The van der Waals surface area contributed by atoms with Gasteiger partial charge >= 0.3 is 0 Å². The van der Waals surface area contributed by atoms with Gasteiger partial charge in [0.25, 0.3) is 0 Å². The van der Waals surface area contributed by atoms with Crippen molar-refractivity contribution in [2.24, 2.45) is 0 Å². The van der Waals surface area contributed by atoms with Gasteiger partial charge in [-0.25, -0.2) is 15.0 Å². The van der Waals surface area contributed by atoms with E-state index in [0.717, 1.165) is 82.5 Å². The van der Waals surface area contributed by atoms with E-state index in [2.05, 4.69) is 97.1 Å². The Kier molecular flexibility index (Phi) is 5.81. The Hall–Kier alpha value is -6.59. The number of fused-ring (bicyclic) bond motifs is 8. The van der Waals surface area contributed by atoms with E-state index >= 15 is 0 Å². The summed E-state index contributed by atoms with van der Waals surface area (Å²) in [7, 11) is 0. The standard InChI is InChI=1S/C43H25N3O2/c1-2-11-26(12-3-1)27-21-23-28(24-22-27)41-44-42(33-17-10-20-37-38(33)31-15-6-8-18-35(31)47-37)46-43(45-41)34-25-29-13-4-5-14-30(29)39-32-16-7-9-19-36(32)48-40(34)39/h1-25H. The molecule has 10 rings (SSSR count). The Morgan fingerprint density at radius 2 is 0.917 bits per heavy atom. The molecule has 0 atom stereocenters. The van der Waals surface area contributed by atoms with Crippen molar-refractivity contribution in [1.82, 2.24) is 15.0 Å². The monoisotopic (exact) mass is 615 g/mol. The van der Waals surface area contributed by atoms with E-state index in [-0.39, 0.29) is 0 Å². The van der Waals surface area contributed by atoms with Crippen LogP contribution in [0.5, 0.6) is 0 Å². The first-order chi connectivity index (χ1) is 23.8. The molecule has 0 saturated carbocycles. The molecule has 0 aliphatic heterocycles. The number of hydrogen-bond donors (Lipinski definition) is 0. The molecule has 0 unspecified atom stereocenters. The zero-order valence-corrected chi connectivity index (χ0v) is 25.6. The van der Waals surface area contributed by atoms with E-state index < -0.39 is 0 Å². The Balaban J connectivity index is 1.26. The van der Waals surface area contributed by atoms with Crippen molar-refractivity contribution in [3.63, 3.8) is 0 Å². The number of nitrogens with zero attached hydrogens (tertiary/aromatic N) is 3. The fourth-order valence-electron chi connectivity index (χ4n) is 6.89. The maximum Gasteiger partial charge on any atom is 0.167 e. The van der Waals surface area contributed by atoms with Crippen LogP contribution < -0.4 is 0 Å². The fourth-order valence-corrected chi connectivity index (χ4v) is 6.89. The van der Waals surface area contributed by atoms with Crippen molar-refractivity contribution < 1.29 is 8.83 Å². The van der Waals surface area contributed by atoms with Crippen LogP contribution in [0, 0.1) is 0 Å². The summed E-state index contributed by atoms with van der Waals surface area (Å²) in [6.07, 6.45) is 0. The van der Waals surface area contributed by atoms with Crippen LogP contribution in [-0.4, -0.2) is 15.0 Å². The lowest BCUT2D eigenvalue weighted by molar-refractivity contribution is 0.668. The van der Waals surface area contributed by atoms with Gasteiger partial charge in [0.15, 0.2) is 17.5 Å². The predicted octanol–water partition coefficient (Wildman–Crippen LogP) is 11.5. The summed E-state index contributed by atoms with van der Waals surface area (Å²) in [5, 5.41) is 6.32. The number of furan rings is 2. The zero-order valence-electron chi connectivity index (χ0n) is 25.6. The molecule has 5 nitrogen and oxygen atoms in total. The minimum absolute atomic E-state index is 0.543. The lowest BCUT2D eigenvalue weighted by atomic mass is 9.99. The van der Waals surface area contributed by atoms with Gasteiger partial charge in [0.2, 0.25) is 0 Å². The van der Waals surface area contributed by atoms with Gasteiger partial charge in [-0.1, -0.05) is 127 Å². The molecular formula is C43H25N3O2. The molecule has 0 aliphatic carbocycles. The topological polar surface area (TPSA) is 65.0 Å². The van der Waals surface area contributed by atoms with Gasteiger partial charge in [0.05, 0.1) is 5.56 Å². The van der Waals surface area contributed by atoms with Gasteiger partial charge in [-0.05, 0) is 46.2 Å². The van der Waals surface area contributed by atoms with Gasteiger partial charge in [0, 0.05) is 32.7 Å². The smallest absolute Gasteiger partial charge is 0.167 e. The van der Waals surface area contributed by atoms with Crippen LogP contribution in [0.1, 0.15) is 0 Å². The van der Waals surface area contributed by atoms with Crippen molar-refractivity contribution in [2.45, 2.75) is 0 Å². The molecule has 0 aliphatic rings. The van der Waals surface area contributed by atoms with Gasteiger partial charge in [-0.15, -0.1) is 0 Å². The summed E-state index contributed by atoms with van der Waals surface area (Å²) in [6, 6.07) is 51.6. The lowest BCUT2D eigenvalue weighted by Crippen LogP contribution is -2.01. The maximum absolute atomic E-state index is 6.60. The number of benzene rings is 7. The second-order valence-corrected chi connectivity index (χ2v) is 12.0. The third kappa shape index (κ3) is 4.15. The first-order valence-electron chi connectivity index (χ1n) is 15.9. The summed E-state index contributed by atoms with van der Waals surface area (Å²) in [6.45, 7) is 0. The highest BCUT2D eigenvalue weighted by molar-refractivity contribution is 6.22. The molecular weight excluding hydrogens is 590 g/mol. The van der Waals surface area contributed by atoms with Crippen LogP contribution in [0.4, 0.5) is 0 Å². The van der Waals surface area contributed by atoms with Gasteiger partial charge < -0.3 is 8.83 Å². The highest BCUT2D eigenvalue weighted by Crippen LogP contribution is 2.41. The number of rotatable bonds is 4. The molecule has 3 heterocycles. The molecule has 7 aromatic carbocycles. The minimum Gasteiger partial charge on any atom is -0.456 e. The van der Waals surface area contributed by atoms with E-state index in [1.165, 1.54) is 0 Å². The van der Waals surface area contributed by atoms with Crippen LogP contribution >= 0.6 is 0 Å². The predicted molar refractivity (Wildman–Crippen MR) is 194 cm³/mol. The van der Waals surface area contributed by atoms with Crippen molar-refractivity contribution >= 4 is 54.6 Å². The van der Waals surface area contributed by atoms with Crippen LogP contribution in [0.15, 0.2) is 160 Å². The molecule has 0 spiro atoms. The quantitative estimate of drug-likeness (QED) is 0.197. The average molecular weight is 616 g/mol. The Bertz CT molecular complexity index is 2830. The van der Waals surface area contributed by atoms with Gasteiger partial charge in [0.1, 0.15) is 22.3 Å². The molecule has 5 heteroatoms. The number of aromatic nitrogens is 3. The Labute approximate surface area is 274 Å². The van der Waals surface area contributed by atoms with E-state index in [1.54, 1.807) is 0 Å². The summed E-state index contributed by atoms with van der Waals surface area (Å²) in [5.41, 5.74) is 8.06. The molecule has 224 valence electrons. The Morgan fingerprint density at radius 3 is 1.71 bits per heavy atom. The summed E-state index contributed by atoms with van der Waals surface area (Å²) < 4.78 is 12.9. The summed E-state index contributed by atoms with van der Waals surface area (Å²) in [5.74, 6) is 1.69. The van der Waals surface area contributed by atoms with Gasteiger partial charge in [-0.3, -0.25) is 0 Å². The van der Waals surface area contributed by atoms with Gasteiger partial charge in [-0.2, -0.15) is 0 Å². The van der Waals surface area contributed by atoms with Crippen LogP contribution in [-0.2, 0) is 0 Å². The molecule has 0 fully saturated rings. The van der Waals surface area contributed by atoms with Crippen LogP contribution in [0.3, 0.4) is 0 Å². The van der Waals surface area contributed by atoms with E-state index in [0.29, 0.717) is 17.5 Å². The highest BCUT2D eigenvalue weighted by atomic mass is 16.3. The first-order valence-corrected chi connectivity index (χ1v) is 15.9. The highest BCUT2D eigenvalue weighted by Gasteiger charge is 2.22. The summed E-state index contributed by atoms with van der Waals surface area (Å²) >= 11 is 0. The SMILES string of the molecule is c1ccc(-c2ccc(-c3nc(-c4cc5ccccc5c5c4oc4ccccc45)nc(-c4cccc5oc6ccccc6c45)n3)cc2)cc1. The largest absolute Gasteiger partial charge is 0.456 e. The van der Waals surface area contributed by atoms with E-state index in [9.17, 15) is 0 Å². The zero-order chi connectivity index (χ0) is 31.6. The summed E-state index contributed by atoms with van der Waals surface area (Å²) in [4.78, 5) is 15.5. The van der Waals surface area contributed by atoms with Crippen LogP contribution in [0.2, 0.25) is 0 Å². The fraction of sp³-hybridized carbons (Fsp3) is 0. The molecule has 0 bridgehead atoms. The van der Waals surface area contributed by atoms with Crippen molar-refractivity contribution in [3.05, 3.63) is 152 Å². The second kappa shape index (κ2) is 10.5. The molecule has 10 aromatic rings. The molecule has 48 heavy (non-hydrogen) atoms. The second-order valence-electron chi connectivity index (χ2n) is 12.0. The van der Waals surface area contributed by atoms with Crippen molar-refractivity contribution in [3.8, 4) is 45.3 Å². The van der Waals surface area contributed by atoms with Crippen LogP contribution in [0.25, 0.3) is 99.9 Å². The number of hydrogen-bond acceptors (Lipinski definition) is 5. The van der Waals surface area contributed by atoms with E-state index in [4.69, 9.17) is 23.8 Å². The molecule has 0 saturated heterocycles.